The van der Waals surface area contributed by atoms with E-state index in [1.165, 1.54) is 51.4 Å². The molecule has 0 heterocycles. The van der Waals surface area contributed by atoms with Gasteiger partial charge in [-0.15, -0.1) is 0 Å². The molecule has 360 valence electrons. The van der Waals surface area contributed by atoms with Gasteiger partial charge in [0.15, 0.2) is 6.10 Å². The van der Waals surface area contributed by atoms with Gasteiger partial charge in [-0.25, -0.2) is 0 Å². The Morgan fingerprint density at radius 2 is 0.641 bits per heavy atom. The summed E-state index contributed by atoms with van der Waals surface area (Å²) in [4.78, 5) is 37.6. The van der Waals surface area contributed by atoms with Crippen molar-refractivity contribution in [1.82, 2.24) is 0 Å². The van der Waals surface area contributed by atoms with E-state index < -0.39 is 12.1 Å². The fourth-order valence-electron chi connectivity index (χ4n) is 6.46. The molecule has 0 saturated carbocycles. The number of rotatable bonds is 44. The zero-order chi connectivity index (χ0) is 46.5. The molecular formula is C58H92O6. The van der Waals surface area contributed by atoms with E-state index in [1.54, 1.807) is 0 Å². The second-order valence-corrected chi connectivity index (χ2v) is 16.3. The molecule has 0 rings (SSSR count). The molecule has 0 radical (unpaired) electrons. The fourth-order valence-corrected chi connectivity index (χ4v) is 6.46. The quantitative estimate of drug-likeness (QED) is 0.0262. The largest absolute Gasteiger partial charge is 0.462 e. The summed E-state index contributed by atoms with van der Waals surface area (Å²) in [6, 6.07) is 0. The van der Waals surface area contributed by atoms with E-state index in [2.05, 4.69) is 130 Å². The number of ether oxygens (including phenoxy) is 3. The predicted octanol–water partition coefficient (Wildman–Crippen LogP) is 16.9. The normalized spacial score (nSPS) is 13.1. The number of hydrogen-bond acceptors (Lipinski definition) is 6. The third-order valence-corrected chi connectivity index (χ3v) is 10.2. The molecule has 0 aliphatic rings. The van der Waals surface area contributed by atoms with Gasteiger partial charge < -0.3 is 14.2 Å². The Morgan fingerprint density at radius 3 is 1.02 bits per heavy atom. The highest BCUT2D eigenvalue weighted by Gasteiger charge is 2.19. The fraction of sp³-hybridized carbons (Fsp3) is 0.603. The maximum atomic E-state index is 12.7. The number of esters is 3. The first-order valence-corrected chi connectivity index (χ1v) is 25.5. The first-order valence-electron chi connectivity index (χ1n) is 25.5. The third-order valence-electron chi connectivity index (χ3n) is 10.2. The molecule has 0 spiro atoms. The number of unbranched alkanes of at least 4 members (excludes halogenated alkanes) is 13. The molecule has 0 aliphatic heterocycles. The van der Waals surface area contributed by atoms with Gasteiger partial charge in [0.2, 0.25) is 0 Å². The van der Waals surface area contributed by atoms with Crippen LogP contribution in [0.2, 0.25) is 0 Å². The van der Waals surface area contributed by atoms with Gasteiger partial charge in [0.25, 0.3) is 0 Å². The number of carbonyl (C=O) groups is 3. The van der Waals surface area contributed by atoms with Crippen molar-refractivity contribution in [2.75, 3.05) is 13.2 Å². The average molecular weight is 885 g/mol. The molecule has 6 heteroatoms. The van der Waals surface area contributed by atoms with Crippen molar-refractivity contribution in [1.29, 1.82) is 0 Å². The van der Waals surface area contributed by atoms with Gasteiger partial charge in [0.05, 0.1) is 0 Å². The van der Waals surface area contributed by atoms with Crippen LogP contribution in [0.1, 0.15) is 207 Å². The minimum atomic E-state index is -0.818. The summed E-state index contributed by atoms with van der Waals surface area (Å²) in [5.41, 5.74) is 0. The van der Waals surface area contributed by atoms with Crippen LogP contribution in [0.5, 0.6) is 0 Å². The Morgan fingerprint density at radius 1 is 0.328 bits per heavy atom. The highest BCUT2D eigenvalue weighted by molar-refractivity contribution is 5.71. The van der Waals surface area contributed by atoms with Crippen LogP contribution >= 0.6 is 0 Å². The maximum absolute atomic E-state index is 12.7. The molecule has 1 atom stereocenters. The molecule has 0 aromatic carbocycles. The number of carbonyl (C=O) groups excluding carboxylic acids is 3. The van der Waals surface area contributed by atoms with Gasteiger partial charge in [0, 0.05) is 19.3 Å². The SMILES string of the molecule is CC/C=C\C/C=C\C/C=C\C/C=C\C/C=C\C/C=C\CCCCCCCCCCC(=O)OCC(COC(=O)CCCCCCCC)OC(=O)CC/C=C\C/C=C\C/C=C\C/C=C\CC. The van der Waals surface area contributed by atoms with Gasteiger partial charge in [-0.2, -0.15) is 0 Å². The van der Waals surface area contributed by atoms with Crippen molar-refractivity contribution in [3.63, 3.8) is 0 Å². The third kappa shape index (κ3) is 48.8. The average Bonchev–Trinajstić information content (AvgIpc) is 3.29. The molecule has 0 aromatic heterocycles. The minimum absolute atomic E-state index is 0.112. The Hall–Kier alpha value is -4.19. The van der Waals surface area contributed by atoms with Crippen LogP contribution in [0.3, 0.4) is 0 Å². The first kappa shape index (κ1) is 59.8. The van der Waals surface area contributed by atoms with E-state index in [-0.39, 0.29) is 31.6 Å². The molecule has 0 aromatic rings. The minimum Gasteiger partial charge on any atom is -0.462 e. The number of allylic oxidation sites excluding steroid dienone is 20. The molecule has 0 fully saturated rings. The lowest BCUT2D eigenvalue weighted by molar-refractivity contribution is -0.166. The molecule has 0 amide bonds. The molecule has 0 bridgehead atoms. The second kappa shape index (κ2) is 51.4. The van der Waals surface area contributed by atoms with Gasteiger partial charge >= 0.3 is 17.9 Å². The van der Waals surface area contributed by atoms with E-state index in [4.69, 9.17) is 14.2 Å². The lowest BCUT2D eigenvalue weighted by Crippen LogP contribution is -2.30. The number of hydrogen-bond donors (Lipinski definition) is 0. The summed E-state index contributed by atoms with van der Waals surface area (Å²) < 4.78 is 16.6. The van der Waals surface area contributed by atoms with Crippen LogP contribution in [0, 0.1) is 0 Å². The van der Waals surface area contributed by atoms with E-state index in [1.807, 2.05) is 12.2 Å². The van der Waals surface area contributed by atoms with Crippen molar-refractivity contribution in [3.8, 4) is 0 Å². The summed E-state index contributed by atoms with van der Waals surface area (Å²) in [6.45, 7) is 6.25. The molecule has 64 heavy (non-hydrogen) atoms. The molecule has 0 aliphatic carbocycles. The Labute approximate surface area is 392 Å². The summed E-state index contributed by atoms with van der Waals surface area (Å²) in [5, 5.41) is 0. The Kier molecular flexibility index (Phi) is 48.1. The summed E-state index contributed by atoms with van der Waals surface area (Å²) in [5.74, 6) is -1.02. The van der Waals surface area contributed by atoms with E-state index in [0.29, 0.717) is 19.3 Å². The highest BCUT2D eigenvalue weighted by atomic mass is 16.6. The zero-order valence-electron chi connectivity index (χ0n) is 41.0. The highest BCUT2D eigenvalue weighted by Crippen LogP contribution is 2.13. The van der Waals surface area contributed by atoms with E-state index >= 15 is 0 Å². The predicted molar refractivity (Wildman–Crippen MR) is 274 cm³/mol. The standard InChI is InChI=1S/C58H92O6/c1-4-7-10-13-16-18-20-22-23-24-25-26-27-28-29-30-31-32-33-34-35-37-38-40-42-45-48-51-57(60)63-54-55(53-62-56(59)50-47-44-15-12-9-6-3)64-58(61)52-49-46-43-41-39-36-21-19-17-14-11-8-5-2/h7-8,10-11,16-19,22-23,25-26,28-29,31-32,36,39,43,46,55H,4-6,9,12-15,20-21,24,27,30,33-35,37-38,40-42,44-45,47-54H2,1-3H3/b10-7-,11-8-,18-16-,19-17-,23-22-,26-25-,29-28-,32-31-,39-36-,46-43-. The summed E-state index contributed by atoms with van der Waals surface area (Å²) in [7, 11) is 0. The lowest BCUT2D eigenvalue weighted by Gasteiger charge is -2.18. The first-order chi connectivity index (χ1) is 31.5. The van der Waals surface area contributed by atoms with Gasteiger partial charge in [-0.05, 0) is 96.3 Å². The summed E-state index contributed by atoms with van der Waals surface area (Å²) in [6.07, 6.45) is 70.9. The smallest absolute Gasteiger partial charge is 0.306 e. The maximum Gasteiger partial charge on any atom is 0.306 e. The monoisotopic (exact) mass is 885 g/mol. The van der Waals surface area contributed by atoms with Crippen LogP contribution in [0.25, 0.3) is 0 Å². The zero-order valence-corrected chi connectivity index (χ0v) is 41.0. The van der Waals surface area contributed by atoms with Crippen molar-refractivity contribution >= 4 is 17.9 Å². The van der Waals surface area contributed by atoms with E-state index in [0.717, 1.165) is 109 Å². The van der Waals surface area contributed by atoms with Crippen LogP contribution in [0.15, 0.2) is 122 Å². The Balaban J connectivity index is 4.23. The van der Waals surface area contributed by atoms with E-state index in [9.17, 15) is 14.4 Å². The second-order valence-electron chi connectivity index (χ2n) is 16.3. The van der Waals surface area contributed by atoms with Crippen molar-refractivity contribution in [3.05, 3.63) is 122 Å². The van der Waals surface area contributed by atoms with Crippen molar-refractivity contribution in [2.24, 2.45) is 0 Å². The van der Waals surface area contributed by atoms with Crippen molar-refractivity contribution in [2.45, 2.75) is 213 Å². The molecular weight excluding hydrogens is 793 g/mol. The van der Waals surface area contributed by atoms with Crippen LogP contribution in [-0.4, -0.2) is 37.2 Å². The van der Waals surface area contributed by atoms with Gasteiger partial charge in [-0.3, -0.25) is 14.4 Å². The van der Waals surface area contributed by atoms with Crippen molar-refractivity contribution < 1.29 is 28.6 Å². The Bertz CT molecular complexity index is 1390. The van der Waals surface area contributed by atoms with Gasteiger partial charge in [-0.1, -0.05) is 213 Å². The molecule has 6 nitrogen and oxygen atoms in total. The molecule has 0 N–H and O–H groups in total. The molecule has 0 saturated heterocycles. The van der Waals surface area contributed by atoms with Gasteiger partial charge in [0.1, 0.15) is 13.2 Å². The van der Waals surface area contributed by atoms with Crippen LogP contribution in [-0.2, 0) is 28.6 Å². The summed E-state index contributed by atoms with van der Waals surface area (Å²) >= 11 is 0. The van der Waals surface area contributed by atoms with Crippen LogP contribution < -0.4 is 0 Å². The molecule has 1 unspecified atom stereocenters. The lowest BCUT2D eigenvalue weighted by atomic mass is 10.1. The van der Waals surface area contributed by atoms with Crippen LogP contribution in [0.4, 0.5) is 0 Å². The topological polar surface area (TPSA) is 78.9 Å².